The first-order valence-electron chi connectivity index (χ1n) is 10.8. The molecule has 0 atom stereocenters. The number of amides is 1. The number of anilines is 1. The Kier molecular flexibility index (Phi) is 7.17. The van der Waals surface area contributed by atoms with Crippen LogP contribution in [0.1, 0.15) is 28.4 Å². The zero-order valence-electron chi connectivity index (χ0n) is 18.7. The van der Waals surface area contributed by atoms with Crippen molar-refractivity contribution in [1.29, 1.82) is 0 Å². The van der Waals surface area contributed by atoms with E-state index in [4.69, 9.17) is 21.1 Å². The van der Waals surface area contributed by atoms with Crippen molar-refractivity contribution in [3.63, 3.8) is 0 Å². The van der Waals surface area contributed by atoms with Gasteiger partial charge in [-0.3, -0.25) is 4.79 Å². The molecule has 0 aromatic heterocycles. The van der Waals surface area contributed by atoms with Crippen LogP contribution in [-0.4, -0.2) is 12.5 Å². The second-order valence-corrected chi connectivity index (χ2v) is 8.11. The summed E-state index contributed by atoms with van der Waals surface area (Å²) in [6, 6.07) is 21.1. The standard InChI is InChI=1S/C27H21ClF3NO3/c1-2-34-25-12-8-19(26(33)32-24-15-21(27(29,30)31)9-11-23(24)28)13-20(25)16-35-22-10-7-17-5-3-4-6-18(17)14-22/h3-15H,2,16H2,1H3,(H,32,33). The van der Waals surface area contributed by atoms with Crippen molar-refractivity contribution in [2.45, 2.75) is 19.7 Å². The lowest BCUT2D eigenvalue weighted by Crippen LogP contribution is -2.14. The van der Waals surface area contributed by atoms with Crippen molar-refractivity contribution in [3.8, 4) is 11.5 Å². The molecule has 1 N–H and O–H groups in total. The van der Waals surface area contributed by atoms with Crippen LogP contribution in [0.25, 0.3) is 10.8 Å². The van der Waals surface area contributed by atoms with Gasteiger partial charge in [0.15, 0.2) is 0 Å². The molecule has 0 saturated heterocycles. The Labute approximate surface area is 205 Å². The molecule has 0 aliphatic heterocycles. The molecule has 0 fully saturated rings. The third kappa shape index (κ3) is 5.87. The van der Waals surface area contributed by atoms with Crippen LogP contribution in [0.5, 0.6) is 11.5 Å². The average Bonchev–Trinajstić information content (AvgIpc) is 2.84. The Bertz CT molecular complexity index is 1370. The number of benzene rings is 4. The Morgan fingerprint density at radius 1 is 0.914 bits per heavy atom. The molecule has 4 rings (SSSR count). The van der Waals surface area contributed by atoms with Crippen LogP contribution < -0.4 is 14.8 Å². The van der Waals surface area contributed by atoms with Gasteiger partial charge < -0.3 is 14.8 Å². The van der Waals surface area contributed by atoms with E-state index in [2.05, 4.69) is 5.32 Å². The van der Waals surface area contributed by atoms with Crippen LogP contribution in [0.3, 0.4) is 0 Å². The first-order chi connectivity index (χ1) is 16.7. The lowest BCUT2D eigenvalue weighted by molar-refractivity contribution is -0.137. The number of hydrogen-bond acceptors (Lipinski definition) is 3. The van der Waals surface area contributed by atoms with Crippen molar-refractivity contribution >= 4 is 34.0 Å². The molecule has 0 aliphatic carbocycles. The minimum absolute atomic E-state index is 0.00264. The van der Waals surface area contributed by atoms with E-state index in [0.717, 1.165) is 29.0 Å². The Morgan fingerprint density at radius 2 is 1.69 bits per heavy atom. The molecule has 0 saturated carbocycles. The fourth-order valence-corrected chi connectivity index (χ4v) is 3.70. The maximum atomic E-state index is 13.1. The van der Waals surface area contributed by atoms with E-state index in [1.54, 1.807) is 12.1 Å². The fourth-order valence-electron chi connectivity index (χ4n) is 3.54. The second kappa shape index (κ2) is 10.3. The normalized spacial score (nSPS) is 11.3. The number of rotatable bonds is 7. The van der Waals surface area contributed by atoms with Gasteiger partial charge in [-0.05, 0) is 66.2 Å². The van der Waals surface area contributed by atoms with Crippen LogP contribution in [0.2, 0.25) is 5.02 Å². The number of alkyl halides is 3. The smallest absolute Gasteiger partial charge is 0.416 e. The summed E-state index contributed by atoms with van der Waals surface area (Å²) < 4.78 is 50.8. The summed E-state index contributed by atoms with van der Waals surface area (Å²) in [6.07, 6.45) is -4.56. The lowest BCUT2D eigenvalue weighted by atomic mass is 10.1. The first kappa shape index (κ1) is 24.4. The molecule has 0 spiro atoms. The van der Waals surface area contributed by atoms with E-state index < -0.39 is 17.6 Å². The third-order valence-corrected chi connectivity index (χ3v) is 5.61. The summed E-state index contributed by atoms with van der Waals surface area (Å²) in [6.45, 7) is 2.37. The first-order valence-corrected chi connectivity index (χ1v) is 11.2. The molecule has 35 heavy (non-hydrogen) atoms. The van der Waals surface area contributed by atoms with E-state index in [-0.39, 0.29) is 22.9 Å². The van der Waals surface area contributed by atoms with Crippen molar-refractivity contribution in [1.82, 2.24) is 0 Å². The van der Waals surface area contributed by atoms with E-state index >= 15 is 0 Å². The van der Waals surface area contributed by atoms with Crippen LogP contribution in [0.15, 0.2) is 78.9 Å². The van der Waals surface area contributed by atoms with Crippen molar-refractivity contribution in [2.24, 2.45) is 0 Å². The number of carbonyl (C=O) groups excluding carboxylic acids is 1. The zero-order valence-corrected chi connectivity index (χ0v) is 19.4. The molecule has 0 radical (unpaired) electrons. The Morgan fingerprint density at radius 3 is 2.43 bits per heavy atom. The lowest BCUT2D eigenvalue weighted by Gasteiger charge is -2.15. The molecular formula is C27H21ClF3NO3. The number of fused-ring (bicyclic) bond motifs is 1. The van der Waals surface area contributed by atoms with Gasteiger partial charge in [-0.1, -0.05) is 41.9 Å². The molecular weight excluding hydrogens is 479 g/mol. The van der Waals surface area contributed by atoms with Crippen LogP contribution in [-0.2, 0) is 12.8 Å². The predicted octanol–water partition coefficient (Wildman–Crippen LogP) is 7.74. The summed E-state index contributed by atoms with van der Waals surface area (Å²) in [5, 5.41) is 4.57. The Hall–Kier alpha value is -3.71. The van der Waals surface area contributed by atoms with Gasteiger partial charge in [0.05, 0.1) is 22.9 Å². The van der Waals surface area contributed by atoms with Gasteiger partial charge in [0.1, 0.15) is 18.1 Å². The monoisotopic (exact) mass is 499 g/mol. The minimum Gasteiger partial charge on any atom is -0.493 e. The predicted molar refractivity (Wildman–Crippen MR) is 130 cm³/mol. The summed E-state index contributed by atoms with van der Waals surface area (Å²) in [4.78, 5) is 12.8. The summed E-state index contributed by atoms with van der Waals surface area (Å²) in [5.41, 5.74) is -0.204. The SMILES string of the molecule is CCOc1ccc(C(=O)Nc2cc(C(F)(F)F)ccc2Cl)cc1COc1ccc2ccccc2c1. The number of carbonyl (C=O) groups is 1. The van der Waals surface area contributed by atoms with E-state index in [0.29, 0.717) is 23.7 Å². The van der Waals surface area contributed by atoms with Gasteiger partial charge in [-0.2, -0.15) is 13.2 Å². The number of ether oxygens (including phenoxy) is 2. The van der Waals surface area contributed by atoms with Gasteiger partial charge >= 0.3 is 6.18 Å². The largest absolute Gasteiger partial charge is 0.493 e. The summed E-state index contributed by atoms with van der Waals surface area (Å²) >= 11 is 6.01. The maximum absolute atomic E-state index is 13.1. The molecule has 0 heterocycles. The van der Waals surface area contributed by atoms with Crippen molar-refractivity contribution in [2.75, 3.05) is 11.9 Å². The number of hydrogen-bond donors (Lipinski definition) is 1. The molecule has 4 nitrogen and oxygen atoms in total. The van der Waals surface area contributed by atoms with Crippen LogP contribution in [0.4, 0.5) is 18.9 Å². The Balaban J connectivity index is 1.55. The highest BCUT2D eigenvalue weighted by Crippen LogP contribution is 2.34. The maximum Gasteiger partial charge on any atom is 0.416 e. The molecule has 4 aromatic rings. The molecule has 1 amide bonds. The highest BCUT2D eigenvalue weighted by atomic mass is 35.5. The summed E-state index contributed by atoms with van der Waals surface area (Å²) in [7, 11) is 0. The molecule has 0 aliphatic rings. The van der Waals surface area contributed by atoms with Crippen molar-refractivity contribution in [3.05, 3.63) is 101 Å². The number of nitrogens with one attached hydrogen (secondary N) is 1. The molecule has 180 valence electrons. The van der Waals surface area contributed by atoms with E-state index in [1.165, 1.54) is 6.07 Å². The highest BCUT2D eigenvalue weighted by molar-refractivity contribution is 6.34. The van der Waals surface area contributed by atoms with Gasteiger partial charge in [0, 0.05) is 11.1 Å². The second-order valence-electron chi connectivity index (χ2n) is 7.70. The molecule has 0 bridgehead atoms. The quantitative estimate of drug-likeness (QED) is 0.283. The van der Waals surface area contributed by atoms with Gasteiger partial charge in [0.25, 0.3) is 5.91 Å². The fraction of sp³-hybridized carbons (Fsp3) is 0.148. The topological polar surface area (TPSA) is 47.6 Å². The van der Waals surface area contributed by atoms with E-state index in [9.17, 15) is 18.0 Å². The van der Waals surface area contributed by atoms with Gasteiger partial charge in [0.2, 0.25) is 0 Å². The third-order valence-electron chi connectivity index (χ3n) is 5.28. The zero-order chi connectivity index (χ0) is 25.0. The van der Waals surface area contributed by atoms with Crippen LogP contribution >= 0.6 is 11.6 Å². The molecule has 8 heteroatoms. The van der Waals surface area contributed by atoms with Gasteiger partial charge in [-0.15, -0.1) is 0 Å². The van der Waals surface area contributed by atoms with E-state index in [1.807, 2.05) is 49.4 Å². The minimum atomic E-state index is -4.56. The summed E-state index contributed by atoms with van der Waals surface area (Å²) in [5.74, 6) is 0.583. The van der Waals surface area contributed by atoms with Crippen molar-refractivity contribution < 1.29 is 27.4 Å². The number of halogens is 4. The average molecular weight is 500 g/mol. The molecule has 4 aromatic carbocycles. The highest BCUT2D eigenvalue weighted by Gasteiger charge is 2.31. The molecule has 0 unspecified atom stereocenters. The van der Waals surface area contributed by atoms with Crippen LogP contribution in [0, 0.1) is 0 Å². The van der Waals surface area contributed by atoms with Gasteiger partial charge in [-0.25, -0.2) is 0 Å².